The molecule has 0 aliphatic heterocycles. The van der Waals surface area contributed by atoms with E-state index >= 15 is 0 Å². The van der Waals surface area contributed by atoms with Crippen LogP contribution < -0.4 is 15.5 Å². The zero-order chi connectivity index (χ0) is 19.8. The molecule has 0 unspecified atom stereocenters. The summed E-state index contributed by atoms with van der Waals surface area (Å²) in [6.07, 6.45) is 1.73. The minimum Gasteiger partial charge on any atom is -0.496 e. The van der Waals surface area contributed by atoms with Crippen LogP contribution in [0.1, 0.15) is 18.4 Å². The van der Waals surface area contributed by atoms with Crippen molar-refractivity contribution in [1.29, 1.82) is 0 Å². The second kappa shape index (κ2) is 9.32. The number of benzene rings is 3. The molecule has 6 nitrogen and oxygen atoms in total. The van der Waals surface area contributed by atoms with Gasteiger partial charge < -0.3 is 10.1 Å². The summed E-state index contributed by atoms with van der Waals surface area (Å²) in [6, 6.07) is 20.7. The number of carbonyl (C=O) groups is 2. The summed E-state index contributed by atoms with van der Waals surface area (Å²) < 4.78 is 5.37. The maximum atomic E-state index is 11.9. The van der Waals surface area contributed by atoms with E-state index in [9.17, 15) is 9.59 Å². The summed E-state index contributed by atoms with van der Waals surface area (Å²) in [4.78, 5) is 23.8. The van der Waals surface area contributed by atoms with Crippen molar-refractivity contribution in [3.05, 3.63) is 72.3 Å². The van der Waals surface area contributed by atoms with Crippen molar-refractivity contribution in [3.63, 3.8) is 0 Å². The first-order valence-electron chi connectivity index (χ1n) is 8.90. The Kier molecular flexibility index (Phi) is 6.36. The maximum Gasteiger partial charge on any atom is 0.240 e. The minimum absolute atomic E-state index is 0.0549. The van der Waals surface area contributed by atoms with Crippen LogP contribution in [0.25, 0.3) is 10.8 Å². The lowest BCUT2D eigenvalue weighted by molar-refractivity contribution is -0.124. The van der Waals surface area contributed by atoms with E-state index in [4.69, 9.17) is 4.74 Å². The number of para-hydroxylation sites is 1. The highest BCUT2D eigenvalue weighted by Gasteiger charge is 2.07. The summed E-state index contributed by atoms with van der Waals surface area (Å²) >= 11 is 0. The highest BCUT2D eigenvalue weighted by molar-refractivity contribution is 6.02. The van der Waals surface area contributed by atoms with Crippen LogP contribution in [-0.4, -0.2) is 25.1 Å². The van der Waals surface area contributed by atoms with Crippen molar-refractivity contribution in [2.45, 2.75) is 12.8 Å². The van der Waals surface area contributed by atoms with E-state index in [1.807, 2.05) is 54.6 Å². The molecule has 28 heavy (non-hydrogen) atoms. The molecule has 3 rings (SSSR count). The van der Waals surface area contributed by atoms with E-state index in [1.54, 1.807) is 25.5 Å². The average molecular weight is 375 g/mol. The van der Waals surface area contributed by atoms with E-state index < -0.39 is 0 Å². The molecule has 0 spiro atoms. The number of nitrogens with zero attached hydrogens (tertiary/aromatic N) is 1. The molecule has 0 radical (unpaired) electrons. The van der Waals surface area contributed by atoms with Crippen LogP contribution in [0.2, 0.25) is 0 Å². The van der Waals surface area contributed by atoms with Gasteiger partial charge in [-0.2, -0.15) is 5.10 Å². The number of hydrogen-bond acceptors (Lipinski definition) is 4. The first-order chi connectivity index (χ1) is 13.7. The molecule has 0 aliphatic rings. The number of nitrogens with one attached hydrogen (secondary N) is 2. The third-order valence-corrected chi connectivity index (χ3v) is 4.17. The summed E-state index contributed by atoms with van der Waals surface area (Å²) in [5.41, 5.74) is 4.03. The predicted molar refractivity (Wildman–Crippen MR) is 111 cm³/mol. The van der Waals surface area contributed by atoms with Crippen molar-refractivity contribution in [3.8, 4) is 5.75 Å². The minimum atomic E-state index is -0.322. The quantitative estimate of drug-likeness (QED) is 0.488. The zero-order valence-electron chi connectivity index (χ0n) is 15.5. The van der Waals surface area contributed by atoms with Gasteiger partial charge in [-0.05, 0) is 29.7 Å². The SMILES string of the molecule is COc1ccc(/C=N\NC(=O)CCC(=O)Nc2ccccc2)c2ccccc12. The van der Waals surface area contributed by atoms with Crippen LogP contribution >= 0.6 is 0 Å². The fourth-order valence-electron chi connectivity index (χ4n) is 2.79. The predicted octanol–water partition coefficient (Wildman–Crippen LogP) is 3.72. The lowest BCUT2D eigenvalue weighted by Gasteiger charge is -2.07. The van der Waals surface area contributed by atoms with Crippen LogP contribution in [0.3, 0.4) is 0 Å². The van der Waals surface area contributed by atoms with Gasteiger partial charge in [0.25, 0.3) is 0 Å². The van der Waals surface area contributed by atoms with Gasteiger partial charge >= 0.3 is 0 Å². The van der Waals surface area contributed by atoms with Gasteiger partial charge in [-0.3, -0.25) is 9.59 Å². The van der Waals surface area contributed by atoms with Crippen LogP contribution in [0, 0.1) is 0 Å². The molecule has 2 N–H and O–H groups in total. The molecule has 0 bridgehead atoms. The highest BCUT2D eigenvalue weighted by atomic mass is 16.5. The van der Waals surface area contributed by atoms with Gasteiger partial charge in [0.05, 0.1) is 13.3 Å². The number of methoxy groups -OCH3 is 1. The van der Waals surface area contributed by atoms with E-state index in [0.29, 0.717) is 5.69 Å². The smallest absolute Gasteiger partial charge is 0.240 e. The van der Waals surface area contributed by atoms with E-state index in [1.165, 1.54) is 0 Å². The molecule has 0 atom stereocenters. The number of anilines is 1. The van der Waals surface area contributed by atoms with Gasteiger partial charge in [0, 0.05) is 29.5 Å². The molecule has 0 saturated carbocycles. The number of carbonyl (C=O) groups excluding carboxylic acids is 2. The second-order valence-electron chi connectivity index (χ2n) is 6.11. The highest BCUT2D eigenvalue weighted by Crippen LogP contribution is 2.27. The molecular weight excluding hydrogens is 354 g/mol. The van der Waals surface area contributed by atoms with E-state index in [0.717, 1.165) is 22.1 Å². The largest absolute Gasteiger partial charge is 0.496 e. The summed E-state index contributed by atoms with van der Waals surface area (Å²) in [6.45, 7) is 0. The molecule has 142 valence electrons. The first-order valence-corrected chi connectivity index (χ1v) is 8.90. The summed E-state index contributed by atoms with van der Waals surface area (Å²) in [5.74, 6) is 0.241. The lowest BCUT2D eigenvalue weighted by atomic mass is 10.0. The Balaban J connectivity index is 1.54. The Morgan fingerprint density at radius 3 is 2.32 bits per heavy atom. The Morgan fingerprint density at radius 2 is 1.57 bits per heavy atom. The second-order valence-corrected chi connectivity index (χ2v) is 6.11. The number of hydrogen-bond donors (Lipinski definition) is 2. The molecule has 0 saturated heterocycles. The van der Waals surface area contributed by atoms with Gasteiger partial charge in [0.2, 0.25) is 11.8 Å². The van der Waals surface area contributed by atoms with Crippen LogP contribution in [-0.2, 0) is 9.59 Å². The lowest BCUT2D eigenvalue weighted by Crippen LogP contribution is -2.20. The summed E-state index contributed by atoms with van der Waals surface area (Å²) in [7, 11) is 1.63. The number of fused-ring (bicyclic) bond motifs is 1. The van der Waals surface area contributed by atoms with E-state index in [2.05, 4.69) is 15.8 Å². The Labute approximate surface area is 163 Å². The monoisotopic (exact) mass is 375 g/mol. The molecule has 3 aromatic carbocycles. The van der Waals surface area contributed by atoms with Crippen LogP contribution in [0.4, 0.5) is 5.69 Å². The third kappa shape index (κ3) is 4.94. The van der Waals surface area contributed by atoms with Crippen LogP contribution in [0.5, 0.6) is 5.75 Å². The summed E-state index contributed by atoms with van der Waals surface area (Å²) in [5, 5.41) is 8.70. The molecule has 0 heterocycles. The number of rotatable bonds is 7. The molecule has 6 heteroatoms. The maximum absolute atomic E-state index is 11.9. The van der Waals surface area contributed by atoms with E-state index in [-0.39, 0.29) is 24.7 Å². The van der Waals surface area contributed by atoms with Gasteiger partial charge in [0.1, 0.15) is 5.75 Å². The van der Waals surface area contributed by atoms with Gasteiger partial charge in [-0.15, -0.1) is 0 Å². The van der Waals surface area contributed by atoms with Gasteiger partial charge in [-0.25, -0.2) is 5.43 Å². The van der Waals surface area contributed by atoms with Crippen molar-refractivity contribution in [2.75, 3.05) is 12.4 Å². The number of ether oxygens (including phenoxy) is 1. The van der Waals surface area contributed by atoms with Crippen molar-refractivity contribution < 1.29 is 14.3 Å². The van der Waals surface area contributed by atoms with Gasteiger partial charge in [0.15, 0.2) is 0 Å². The Morgan fingerprint density at radius 1 is 0.893 bits per heavy atom. The van der Waals surface area contributed by atoms with Crippen molar-refractivity contribution in [1.82, 2.24) is 5.43 Å². The zero-order valence-corrected chi connectivity index (χ0v) is 15.5. The van der Waals surface area contributed by atoms with Crippen molar-refractivity contribution in [2.24, 2.45) is 5.10 Å². The normalized spacial score (nSPS) is 10.8. The van der Waals surface area contributed by atoms with Crippen LogP contribution in [0.15, 0.2) is 71.8 Å². The first kappa shape index (κ1) is 19.1. The van der Waals surface area contributed by atoms with Crippen molar-refractivity contribution >= 4 is 34.5 Å². The average Bonchev–Trinajstić information content (AvgIpc) is 2.73. The topological polar surface area (TPSA) is 79.8 Å². The Bertz CT molecular complexity index is 1000. The molecular formula is C22H21N3O3. The Hall–Kier alpha value is -3.67. The van der Waals surface area contributed by atoms with Gasteiger partial charge in [-0.1, -0.05) is 42.5 Å². The molecule has 0 aliphatic carbocycles. The molecule has 3 aromatic rings. The molecule has 2 amide bonds. The number of amides is 2. The fourth-order valence-corrected chi connectivity index (χ4v) is 2.79. The molecule has 0 aromatic heterocycles. The standard InChI is InChI=1S/C22H21N3O3/c1-28-20-12-11-16(18-9-5-6-10-19(18)20)15-23-25-22(27)14-13-21(26)24-17-7-3-2-4-8-17/h2-12,15H,13-14H2,1H3,(H,24,26)(H,25,27)/b23-15-. The number of hydrazone groups is 1. The molecule has 0 fully saturated rings. The fraction of sp³-hybridized carbons (Fsp3) is 0.136. The third-order valence-electron chi connectivity index (χ3n) is 4.17.